The van der Waals surface area contributed by atoms with Crippen molar-refractivity contribution in [2.75, 3.05) is 47.4 Å². The minimum atomic E-state index is 0. The first-order chi connectivity index (χ1) is 13.1. The van der Waals surface area contributed by atoms with Crippen molar-refractivity contribution in [2.45, 2.75) is 12.1 Å². The summed E-state index contributed by atoms with van der Waals surface area (Å²) < 4.78 is 7.76. The molecule has 0 amide bonds. The smallest absolute Gasteiger partial charge is 0.193 e. The number of aliphatic imine (C=N–C) groups is 1. The number of rotatable bonds is 5. The van der Waals surface area contributed by atoms with Crippen LogP contribution in [-0.2, 0) is 11.8 Å². The standard InChI is InChI=1S/C20H30N6O.HI/c1-21-20(22-13-18(24(2)3)16-8-6-5-7-9-16)26-10-11-27-19(15-26)17-12-23-25(4)14-17;/h5-9,12,14,18-19H,10-11,13,15H2,1-4H3,(H,21,22);1H. The number of guanidine groups is 1. The summed E-state index contributed by atoms with van der Waals surface area (Å²) in [6.45, 7) is 3.06. The molecule has 1 fully saturated rings. The zero-order valence-corrected chi connectivity index (χ0v) is 19.4. The third kappa shape index (κ3) is 5.68. The Kier molecular flexibility index (Phi) is 8.71. The second kappa shape index (κ2) is 10.8. The summed E-state index contributed by atoms with van der Waals surface area (Å²) in [7, 11) is 7.98. The first-order valence-electron chi connectivity index (χ1n) is 9.35. The van der Waals surface area contributed by atoms with Crippen molar-refractivity contribution >= 4 is 29.9 Å². The number of nitrogens with one attached hydrogen (secondary N) is 1. The van der Waals surface area contributed by atoms with Crippen LogP contribution >= 0.6 is 24.0 Å². The second-order valence-electron chi connectivity index (χ2n) is 7.07. The van der Waals surface area contributed by atoms with Crippen molar-refractivity contribution in [3.8, 4) is 0 Å². The molecule has 0 saturated carbocycles. The molecule has 0 radical (unpaired) electrons. The highest BCUT2D eigenvalue weighted by Gasteiger charge is 2.25. The number of benzene rings is 1. The van der Waals surface area contributed by atoms with Gasteiger partial charge >= 0.3 is 0 Å². The van der Waals surface area contributed by atoms with Crippen molar-refractivity contribution in [1.82, 2.24) is 24.9 Å². The molecule has 154 valence electrons. The first-order valence-corrected chi connectivity index (χ1v) is 9.35. The van der Waals surface area contributed by atoms with E-state index in [1.54, 1.807) is 0 Å². The Morgan fingerprint density at radius 1 is 1.36 bits per heavy atom. The van der Waals surface area contributed by atoms with Gasteiger partial charge < -0.3 is 19.9 Å². The minimum absolute atomic E-state index is 0. The summed E-state index contributed by atoms with van der Waals surface area (Å²) >= 11 is 0. The van der Waals surface area contributed by atoms with Crippen LogP contribution in [0.3, 0.4) is 0 Å². The number of hydrogen-bond acceptors (Lipinski definition) is 4. The van der Waals surface area contributed by atoms with Gasteiger partial charge in [-0.2, -0.15) is 5.10 Å². The summed E-state index contributed by atoms with van der Waals surface area (Å²) in [6.07, 6.45) is 3.91. The van der Waals surface area contributed by atoms with E-state index in [1.807, 2.05) is 31.2 Å². The van der Waals surface area contributed by atoms with Crippen LogP contribution in [0.4, 0.5) is 0 Å². The van der Waals surface area contributed by atoms with Gasteiger partial charge in [0.15, 0.2) is 5.96 Å². The predicted molar refractivity (Wildman–Crippen MR) is 123 cm³/mol. The molecular weight excluding hydrogens is 467 g/mol. The lowest BCUT2D eigenvalue weighted by Crippen LogP contribution is -2.49. The van der Waals surface area contributed by atoms with Crippen molar-refractivity contribution < 1.29 is 4.74 Å². The normalized spacial score (nSPS) is 18.7. The Balaban J connectivity index is 0.00000280. The number of nitrogens with zero attached hydrogens (tertiary/aromatic N) is 5. The van der Waals surface area contributed by atoms with Gasteiger partial charge in [0.2, 0.25) is 0 Å². The molecular formula is C20H31IN6O. The molecule has 2 heterocycles. The maximum atomic E-state index is 5.95. The summed E-state index contributed by atoms with van der Waals surface area (Å²) in [5.41, 5.74) is 2.40. The predicted octanol–water partition coefficient (Wildman–Crippen LogP) is 2.29. The summed E-state index contributed by atoms with van der Waals surface area (Å²) in [5, 5.41) is 7.82. The van der Waals surface area contributed by atoms with E-state index in [9.17, 15) is 0 Å². The van der Waals surface area contributed by atoms with Crippen molar-refractivity contribution in [3.63, 3.8) is 0 Å². The van der Waals surface area contributed by atoms with Crippen LogP contribution < -0.4 is 5.32 Å². The minimum Gasteiger partial charge on any atom is -0.370 e. The topological polar surface area (TPSA) is 57.9 Å². The maximum absolute atomic E-state index is 5.95. The molecule has 1 aliphatic rings. The van der Waals surface area contributed by atoms with E-state index >= 15 is 0 Å². The maximum Gasteiger partial charge on any atom is 0.193 e. The lowest BCUT2D eigenvalue weighted by atomic mass is 10.1. The van der Waals surface area contributed by atoms with Crippen LogP contribution in [0.1, 0.15) is 23.3 Å². The van der Waals surface area contributed by atoms with Crippen LogP contribution in [0.5, 0.6) is 0 Å². The zero-order chi connectivity index (χ0) is 19.2. The Bertz CT molecular complexity index is 748. The van der Waals surface area contributed by atoms with Gasteiger partial charge in [0, 0.05) is 38.9 Å². The molecule has 1 aromatic heterocycles. The number of halogens is 1. The third-order valence-electron chi connectivity index (χ3n) is 4.94. The van der Waals surface area contributed by atoms with Gasteiger partial charge in [-0.05, 0) is 19.7 Å². The van der Waals surface area contributed by atoms with E-state index in [1.165, 1.54) is 5.56 Å². The fraction of sp³-hybridized carbons (Fsp3) is 0.500. The van der Waals surface area contributed by atoms with E-state index in [4.69, 9.17) is 4.74 Å². The largest absolute Gasteiger partial charge is 0.370 e. The van der Waals surface area contributed by atoms with Gasteiger partial charge in [-0.25, -0.2) is 0 Å². The molecule has 3 rings (SSSR count). The van der Waals surface area contributed by atoms with Gasteiger partial charge in [-0.3, -0.25) is 9.67 Å². The third-order valence-corrected chi connectivity index (χ3v) is 4.94. The van der Waals surface area contributed by atoms with E-state index in [2.05, 4.69) is 69.6 Å². The van der Waals surface area contributed by atoms with Gasteiger partial charge in [0.05, 0.1) is 25.4 Å². The highest BCUT2D eigenvalue weighted by Crippen LogP contribution is 2.22. The summed E-state index contributed by atoms with van der Waals surface area (Å²) in [4.78, 5) is 9.00. The molecule has 1 N–H and O–H groups in total. The van der Waals surface area contributed by atoms with Crippen LogP contribution in [0, 0.1) is 0 Å². The fourth-order valence-electron chi connectivity index (χ4n) is 3.44. The molecule has 1 saturated heterocycles. The second-order valence-corrected chi connectivity index (χ2v) is 7.07. The number of likely N-dealkylation sites (N-methyl/N-ethyl adjacent to an activating group) is 1. The molecule has 1 aliphatic heterocycles. The molecule has 1 aromatic carbocycles. The fourth-order valence-corrected chi connectivity index (χ4v) is 3.44. The number of ether oxygens (including phenoxy) is 1. The molecule has 0 spiro atoms. The number of aryl methyl sites for hydroxylation is 1. The molecule has 7 nitrogen and oxygen atoms in total. The number of morpholine rings is 1. The molecule has 2 aromatic rings. The van der Waals surface area contributed by atoms with Crippen molar-refractivity contribution in [1.29, 1.82) is 0 Å². The Hall–Kier alpha value is -1.65. The quantitative estimate of drug-likeness (QED) is 0.390. The monoisotopic (exact) mass is 498 g/mol. The molecule has 0 aliphatic carbocycles. The SMILES string of the molecule is CN=C(NCC(c1ccccc1)N(C)C)N1CCOC(c2cnn(C)c2)C1.I. The lowest BCUT2D eigenvalue weighted by Gasteiger charge is -2.35. The molecule has 28 heavy (non-hydrogen) atoms. The lowest BCUT2D eigenvalue weighted by molar-refractivity contribution is -0.00811. The van der Waals surface area contributed by atoms with E-state index < -0.39 is 0 Å². The summed E-state index contributed by atoms with van der Waals surface area (Å²) in [6, 6.07) is 10.8. The Morgan fingerprint density at radius 3 is 2.71 bits per heavy atom. The Labute approximate surface area is 184 Å². The van der Waals surface area contributed by atoms with Crippen LogP contribution in [0.25, 0.3) is 0 Å². The van der Waals surface area contributed by atoms with Gasteiger partial charge in [0.1, 0.15) is 6.10 Å². The molecule has 2 unspecified atom stereocenters. The average Bonchev–Trinajstić information content (AvgIpc) is 3.12. The highest BCUT2D eigenvalue weighted by atomic mass is 127. The molecule has 0 bridgehead atoms. The average molecular weight is 498 g/mol. The van der Waals surface area contributed by atoms with Gasteiger partial charge in [0.25, 0.3) is 0 Å². The molecule has 8 heteroatoms. The van der Waals surface area contributed by atoms with Gasteiger partial charge in [-0.1, -0.05) is 30.3 Å². The highest BCUT2D eigenvalue weighted by molar-refractivity contribution is 14.0. The zero-order valence-electron chi connectivity index (χ0n) is 17.1. The van der Waals surface area contributed by atoms with E-state index in [0.717, 1.165) is 31.2 Å². The number of hydrogen-bond donors (Lipinski definition) is 1. The van der Waals surface area contributed by atoms with Crippen LogP contribution in [0.2, 0.25) is 0 Å². The first kappa shape index (κ1) is 22.6. The van der Waals surface area contributed by atoms with Crippen molar-refractivity contribution in [3.05, 3.63) is 53.9 Å². The van der Waals surface area contributed by atoms with Crippen molar-refractivity contribution in [2.24, 2.45) is 12.0 Å². The summed E-state index contributed by atoms with van der Waals surface area (Å²) in [5.74, 6) is 0.912. The molecule has 2 atom stereocenters. The van der Waals surface area contributed by atoms with E-state index in [-0.39, 0.29) is 36.1 Å². The van der Waals surface area contributed by atoms with Gasteiger partial charge in [-0.15, -0.1) is 24.0 Å². The van der Waals surface area contributed by atoms with Crippen LogP contribution in [-0.4, -0.2) is 72.9 Å². The Morgan fingerprint density at radius 2 is 2.11 bits per heavy atom. The van der Waals surface area contributed by atoms with E-state index in [0.29, 0.717) is 6.61 Å². The number of aromatic nitrogens is 2. The van der Waals surface area contributed by atoms with Crippen LogP contribution in [0.15, 0.2) is 47.7 Å².